The lowest BCUT2D eigenvalue weighted by molar-refractivity contribution is -0.134. The van der Waals surface area contributed by atoms with Gasteiger partial charge in [0.05, 0.1) is 11.7 Å². The normalized spacial score (nSPS) is 18.0. The molecular weight excluding hydrogens is 411 g/mol. The van der Waals surface area contributed by atoms with E-state index in [-0.39, 0.29) is 12.1 Å². The first kappa shape index (κ1) is 18.9. The maximum Gasteiger partial charge on any atom is 0.425 e. The fourth-order valence-corrected chi connectivity index (χ4v) is 4.70. The number of hydrogen-bond acceptors (Lipinski definition) is 3. The summed E-state index contributed by atoms with van der Waals surface area (Å²) in [6, 6.07) is 15.4. The SMILES string of the molecule is O=C1NC[C@H](c2ccc(-c3ccc(C(F)(F)F)s3)cc2)N1c1ccc2c(c1)N=CC2. The Balaban J connectivity index is 1.42. The Morgan fingerprint density at radius 2 is 1.87 bits per heavy atom. The van der Waals surface area contributed by atoms with E-state index in [1.165, 1.54) is 6.07 Å². The van der Waals surface area contributed by atoms with Crippen molar-refractivity contribution in [3.63, 3.8) is 0 Å². The van der Waals surface area contributed by atoms with Crippen molar-refractivity contribution in [3.8, 4) is 10.4 Å². The zero-order chi connectivity index (χ0) is 20.9. The molecule has 0 aliphatic carbocycles. The molecule has 0 spiro atoms. The summed E-state index contributed by atoms with van der Waals surface area (Å²) in [6.45, 7) is 0.454. The molecule has 1 aromatic heterocycles. The second-order valence-electron chi connectivity index (χ2n) is 7.18. The van der Waals surface area contributed by atoms with Crippen LogP contribution in [0.25, 0.3) is 10.4 Å². The molecule has 30 heavy (non-hydrogen) atoms. The van der Waals surface area contributed by atoms with Crippen LogP contribution in [0.2, 0.25) is 0 Å². The molecule has 2 aromatic carbocycles. The molecule has 0 unspecified atom stereocenters. The van der Waals surface area contributed by atoms with E-state index >= 15 is 0 Å². The second kappa shape index (κ2) is 6.98. The summed E-state index contributed by atoms with van der Waals surface area (Å²) in [5.74, 6) is 0. The van der Waals surface area contributed by atoms with Crippen LogP contribution in [-0.4, -0.2) is 18.8 Å². The van der Waals surface area contributed by atoms with E-state index < -0.39 is 11.1 Å². The molecule has 0 radical (unpaired) electrons. The zero-order valence-corrected chi connectivity index (χ0v) is 16.4. The number of nitrogens with zero attached hydrogens (tertiary/aromatic N) is 2. The standard InChI is InChI=1S/C22H16F3N3OS/c23-22(24,25)20-8-7-19(30-20)15-3-1-14(2-4-15)18-12-27-21(29)28(18)16-6-5-13-9-10-26-17(13)11-16/h1-8,10-11,18H,9,12H2,(H,27,29)/t18-/m1/s1. The van der Waals surface area contributed by atoms with Crippen LogP contribution in [0.4, 0.5) is 29.3 Å². The molecule has 1 N–H and O–H groups in total. The molecule has 2 amide bonds. The summed E-state index contributed by atoms with van der Waals surface area (Å²) in [7, 11) is 0. The lowest BCUT2D eigenvalue weighted by atomic mass is 10.0. The minimum absolute atomic E-state index is 0.181. The Morgan fingerprint density at radius 3 is 2.60 bits per heavy atom. The van der Waals surface area contributed by atoms with Gasteiger partial charge in [-0.3, -0.25) is 9.89 Å². The molecule has 8 heteroatoms. The van der Waals surface area contributed by atoms with Crippen molar-refractivity contribution in [2.75, 3.05) is 11.4 Å². The van der Waals surface area contributed by atoms with Gasteiger partial charge in [-0.25, -0.2) is 4.79 Å². The molecule has 152 valence electrons. The van der Waals surface area contributed by atoms with Gasteiger partial charge in [0.2, 0.25) is 0 Å². The number of anilines is 1. The number of carbonyl (C=O) groups excluding carboxylic acids is 1. The van der Waals surface area contributed by atoms with Gasteiger partial charge >= 0.3 is 12.2 Å². The Bertz CT molecular complexity index is 1150. The van der Waals surface area contributed by atoms with E-state index in [2.05, 4.69) is 10.3 Å². The third-order valence-corrected chi connectivity index (χ3v) is 6.51. The number of alkyl halides is 3. The predicted molar refractivity (Wildman–Crippen MR) is 112 cm³/mol. The molecular formula is C22H16F3N3OS. The van der Waals surface area contributed by atoms with Crippen molar-refractivity contribution in [2.24, 2.45) is 4.99 Å². The topological polar surface area (TPSA) is 44.7 Å². The maximum atomic E-state index is 12.9. The quantitative estimate of drug-likeness (QED) is 0.551. The van der Waals surface area contributed by atoms with Gasteiger partial charge in [-0.15, -0.1) is 11.3 Å². The van der Waals surface area contributed by atoms with Gasteiger partial charge < -0.3 is 5.32 Å². The second-order valence-corrected chi connectivity index (χ2v) is 8.27. The van der Waals surface area contributed by atoms with Gasteiger partial charge in [0.15, 0.2) is 0 Å². The molecule has 1 atom stereocenters. The number of amides is 2. The Hall–Kier alpha value is -3.13. The van der Waals surface area contributed by atoms with Crippen LogP contribution >= 0.6 is 11.3 Å². The fourth-order valence-electron chi connectivity index (χ4n) is 3.82. The zero-order valence-electron chi connectivity index (χ0n) is 15.6. The van der Waals surface area contributed by atoms with Crippen LogP contribution in [-0.2, 0) is 12.6 Å². The van der Waals surface area contributed by atoms with E-state index in [4.69, 9.17) is 0 Å². The van der Waals surface area contributed by atoms with Crippen molar-refractivity contribution < 1.29 is 18.0 Å². The van der Waals surface area contributed by atoms with Crippen molar-refractivity contribution in [1.29, 1.82) is 0 Å². The maximum absolute atomic E-state index is 12.9. The number of rotatable bonds is 3. The number of nitrogens with one attached hydrogen (secondary N) is 1. The first-order valence-electron chi connectivity index (χ1n) is 9.40. The molecule has 2 aliphatic rings. The first-order chi connectivity index (χ1) is 14.4. The van der Waals surface area contributed by atoms with Gasteiger partial charge in [-0.05, 0) is 41.0 Å². The number of halogens is 3. The largest absolute Gasteiger partial charge is 0.425 e. The van der Waals surface area contributed by atoms with Crippen molar-refractivity contribution in [2.45, 2.75) is 18.6 Å². The molecule has 4 nitrogen and oxygen atoms in total. The molecule has 5 rings (SSSR count). The Kier molecular flexibility index (Phi) is 4.39. The summed E-state index contributed by atoms with van der Waals surface area (Å²) >= 11 is 0.725. The molecule has 1 fully saturated rings. The third-order valence-electron chi connectivity index (χ3n) is 5.33. The highest BCUT2D eigenvalue weighted by Gasteiger charge is 2.34. The van der Waals surface area contributed by atoms with Crippen molar-refractivity contribution >= 4 is 35.0 Å². The van der Waals surface area contributed by atoms with Gasteiger partial charge in [0.1, 0.15) is 4.88 Å². The highest BCUT2D eigenvalue weighted by Crippen LogP contribution is 2.39. The van der Waals surface area contributed by atoms with Gasteiger partial charge in [0.25, 0.3) is 0 Å². The molecule has 2 aliphatic heterocycles. The highest BCUT2D eigenvalue weighted by molar-refractivity contribution is 7.15. The minimum atomic E-state index is -4.33. The van der Waals surface area contributed by atoms with Crippen molar-refractivity contribution in [1.82, 2.24) is 5.32 Å². The van der Waals surface area contributed by atoms with E-state index in [0.29, 0.717) is 11.4 Å². The van der Waals surface area contributed by atoms with Crippen LogP contribution in [0.3, 0.4) is 0 Å². The monoisotopic (exact) mass is 427 g/mol. The lowest BCUT2D eigenvalue weighted by Gasteiger charge is -2.24. The summed E-state index contributed by atoms with van der Waals surface area (Å²) in [6.07, 6.45) is -1.69. The Morgan fingerprint density at radius 1 is 1.07 bits per heavy atom. The van der Waals surface area contributed by atoms with Gasteiger partial charge in [-0.2, -0.15) is 13.2 Å². The fraction of sp³-hybridized carbons (Fsp3) is 0.182. The number of urea groups is 1. The molecule has 3 aromatic rings. The van der Waals surface area contributed by atoms with Crippen LogP contribution in [0.15, 0.2) is 59.6 Å². The number of hydrogen-bond donors (Lipinski definition) is 1. The van der Waals surface area contributed by atoms with Crippen LogP contribution < -0.4 is 10.2 Å². The third kappa shape index (κ3) is 3.27. The molecule has 3 heterocycles. The molecule has 0 bridgehead atoms. The minimum Gasteiger partial charge on any atom is -0.335 e. The van der Waals surface area contributed by atoms with E-state index in [1.807, 2.05) is 36.5 Å². The molecule has 1 saturated heterocycles. The average molecular weight is 427 g/mol. The first-order valence-corrected chi connectivity index (χ1v) is 10.2. The lowest BCUT2D eigenvalue weighted by Crippen LogP contribution is -2.29. The van der Waals surface area contributed by atoms with Gasteiger partial charge in [0, 0.05) is 29.7 Å². The van der Waals surface area contributed by atoms with Crippen LogP contribution in [0.1, 0.15) is 22.0 Å². The number of carbonyl (C=O) groups is 1. The summed E-state index contributed by atoms with van der Waals surface area (Å²) in [4.78, 5) is 18.5. The van der Waals surface area contributed by atoms with E-state index in [0.717, 1.165) is 51.9 Å². The predicted octanol–water partition coefficient (Wildman–Crippen LogP) is 5.96. The molecule has 0 saturated carbocycles. The number of benzene rings is 2. The number of fused-ring (bicyclic) bond motifs is 1. The number of thiophene rings is 1. The van der Waals surface area contributed by atoms with Crippen molar-refractivity contribution in [3.05, 3.63) is 70.6 Å². The summed E-state index contributed by atoms with van der Waals surface area (Å²) in [5, 5.41) is 2.88. The summed E-state index contributed by atoms with van der Waals surface area (Å²) < 4.78 is 38.6. The van der Waals surface area contributed by atoms with Crippen LogP contribution in [0, 0.1) is 0 Å². The smallest absolute Gasteiger partial charge is 0.335 e. The number of aliphatic imine (C=N–C) groups is 1. The summed E-state index contributed by atoms with van der Waals surface area (Å²) in [5.41, 5.74) is 4.40. The highest BCUT2D eigenvalue weighted by atomic mass is 32.1. The average Bonchev–Trinajstić information content (AvgIpc) is 3.46. The van der Waals surface area contributed by atoms with E-state index in [1.54, 1.807) is 17.0 Å². The van der Waals surface area contributed by atoms with Crippen LogP contribution in [0.5, 0.6) is 0 Å². The van der Waals surface area contributed by atoms with E-state index in [9.17, 15) is 18.0 Å². The van der Waals surface area contributed by atoms with Gasteiger partial charge in [-0.1, -0.05) is 30.3 Å². The Labute approximate surface area is 174 Å².